The van der Waals surface area contributed by atoms with E-state index in [0.717, 1.165) is 22.3 Å². The average Bonchev–Trinajstić information content (AvgIpc) is 2.74. The molecule has 0 atom stereocenters. The molecule has 3 aromatic carbocycles. The van der Waals surface area contributed by atoms with E-state index in [4.69, 9.17) is 4.74 Å². The number of fused-ring (bicyclic) bond motifs is 4. The maximum absolute atomic E-state index is 13.3. The van der Waals surface area contributed by atoms with Crippen LogP contribution in [0.2, 0.25) is 0 Å². The summed E-state index contributed by atoms with van der Waals surface area (Å²) in [6.07, 6.45) is 0. The second-order valence-corrected chi connectivity index (χ2v) is 7.10. The van der Waals surface area contributed by atoms with E-state index in [1.54, 1.807) is 0 Å². The van der Waals surface area contributed by atoms with Crippen LogP contribution >= 0.6 is 0 Å². The third-order valence-electron chi connectivity index (χ3n) is 5.49. The molecule has 5 nitrogen and oxygen atoms in total. The van der Waals surface area contributed by atoms with Gasteiger partial charge >= 0.3 is 0 Å². The molecule has 1 N–H and O–H groups in total. The van der Waals surface area contributed by atoms with E-state index in [9.17, 15) is 9.59 Å². The van der Waals surface area contributed by atoms with Crippen LogP contribution in [0.3, 0.4) is 0 Å². The number of pyridine rings is 2. The second kappa shape index (κ2) is 6.48. The van der Waals surface area contributed by atoms with Crippen LogP contribution in [0.25, 0.3) is 43.6 Å². The van der Waals surface area contributed by atoms with Crippen LogP contribution in [0, 0.1) is 0 Å². The molecule has 0 aliphatic heterocycles. The quantitative estimate of drug-likeness (QED) is 0.464. The smallest absolute Gasteiger partial charge is 0.197 e. The molecule has 0 bridgehead atoms. The van der Waals surface area contributed by atoms with Crippen LogP contribution in [0.4, 0.5) is 0 Å². The molecule has 5 rings (SSSR count). The Morgan fingerprint density at radius 3 is 2.34 bits per heavy atom. The third-order valence-corrected chi connectivity index (χ3v) is 5.49. The number of hydrogen-bond acceptors (Lipinski definition) is 3. The minimum atomic E-state index is -0.0429. The summed E-state index contributed by atoms with van der Waals surface area (Å²) >= 11 is 0. The zero-order chi connectivity index (χ0) is 20.1. The number of para-hydroxylation sites is 1. The standard InChI is InChI=1S/C24H20N2O3/c1-3-26-21-11-14(29-4-2)9-10-16(21)24(28)18-12-20-17(13-22(18)26)23(27)15-7-5-6-8-19(15)25-20/h5-13H,3-4H2,1-2H3,(H,25,27). The molecule has 0 saturated heterocycles. The normalized spacial score (nSPS) is 11.7. The predicted molar refractivity (Wildman–Crippen MR) is 118 cm³/mol. The van der Waals surface area contributed by atoms with Gasteiger partial charge in [-0.05, 0) is 50.2 Å². The molecule has 2 aromatic heterocycles. The van der Waals surface area contributed by atoms with Crippen molar-refractivity contribution in [3.63, 3.8) is 0 Å². The van der Waals surface area contributed by atoms with Crippen LogP contribution < -0.4 is 15.6 Å². The van der Waals surface area contributed by atoms with E-state index < -0.39 is 0 Å². The topological polar surface area (TPSA) is 64.1 Å². The van der Waals surface area contributed by atoms with Gasteiger partial charge in [0.05, 0.1) is 23.2 Å². The Bertz CT molecular complexity index is 1540. The number of aromatic nitrogens is 2. The fraction of sp³-hybridized carbons (Fsp3) is 0.167. The van der Waals surface area contributed by atoms with Gasteiger partial charge < -0.3 is 14.3 Å². The molecule has 2 heterocycles. The summed E-state index contributed by atoms with van der Waals surface area (Å²) in [6.45, 7) is 5.19. The molecule has 144 valence electrons. The lowest BCUT2D eigenvalue weighted by atomic mass is 10.0. The summed E-state index contributed by atoms with van der Waals surface area (Å²) in [5, 5.41) is 2.47. The number of nitrogens with one attached hydrogen (secondary N) is 1. The monoisotopic (exact) mass is 384 g/mol. The molecule has 5 heteroatoms. The molecule has 0 fully saturated rings. The summed E-state index contributed by atoms with van der Waals surface area (Å²) in [6, 6.07) is 16.6. The van der Waals surface area contributed by atoms with Crippen molar-refractivity contribution in [1.82, 2.24) is 9.55 Å². The molecule has 0 aliphatic rings. The predicted octanol–water partition coefficient (Wildman–Crippen LogP) is 4.57. The second-order valence-electron chi connectivity index (χ2n) is 7.10. The summed E-state index contributed by atoms with van der Waals surface area (Å²) in [4.78, 5) is 29.7. The van der Waals surface area contributed by atoms with Crippen LogP contribution in [0.1, 0.15) is 13.8 Å². The average molecular weight is 384 g/mol. The molecule has 5 aromatic rings. The Morgan fingerprint density at radius 2 is 1.55 bits per heavy atom. The number of rotatable bonds is 3. The fourth-order valence-corrected chi connectivity index (χ4v) is 4.16. The molecule has 0 spiro atoms. The number of H-pyrrole nitrogens is 1. The largest absolute Gasteiger partial charge is 0.494 e. The SMILES string of the molecule is CCOc1ccc2c(=O)c3cc4[nH]c5ccccc5c(=O)c4cc3n(CC)c2c1. The third kappa shape index (κ3) is 2.54. The van der Waals surface area contributed by atoms with Gasteiger partial charge in [0, 0.05) is 39.7 Å². The summed E-state index contributed by atoms with van der Waals surface area (Å²) in [7, 11) is 0. The molecule has 0 unspecified atom stereocenters. The Morgan fingerprint density at radius 1 is 0.793 bits per heavy atom. The van der Waals surface area contributed by atoms with Crippen molar-refractivity contribution in [3.05, 3.63) is 75.0 Å². The van der Waals surface area contributed by atoms with Gasteiger partial charge in [0.2, 0.25) is 0 Å². The van der Waals surface area contributed by atoms with Gasteiger partial charge in [-0.15, -0.1) is 0 Å². The maximum Gasteiger partial charge on any atom is 0.197 e. The summed E-state index contributed by atoms with van der Waals surface area (Å²) in [5.41, 5.74) is 2.93. The fourth-order valence-electron chi connectivity index (χ4n) is 4.16. The minimum absolute atomic E-state index is 0.0329. The van der Waals surface area contributed by atoms with Gasteiger partial charge in [-0.25, -0.2) is 0 Å². The van der Waals surface area contributed by atoms with Crippen molar-refractivity contribution in [3.8, 4) is 5.75 Å². The lowest BCUT2D eigenvalue weighted by molar-refractivity contribution is 0.340. The minimum Gasteiger partial charge on any atom is -0.494 e. The molecule has 0 aliphatic carbocycles. The number of nitrogens with zero attached hydrogens (tertiary/aromatic N) is 1. The first-order chi connectivity index (χ1) is 14.1. The Balaban J connectivity index is 1.98. The van der Waals surface area contributed by atoms with Gasteiger partial charge in [-0.1, -0.05) is 12.1 Å². The summed E-state index contributed by atoms with van der Waals surface area (Å²) in [5.74, 6) is 0.727. The zero-order valence-electron chi connectivity index (χ0n) is 16.3. The van der Waals surface area contributed by atoms with Crippen LogP contribution in [-0.4, -0.2) is 16.2 Å². The van der Waals surface area contributed by atoms with Crippen LogP contribution in [0.15, 0.2) is 64.2 Å². The number of aromatic amines is 1. The number of benzene rings is 3. The highest BCUT2D eigenvalue weighted by molar-refractivity contribution is 6.03. The molecule has 0 amide bonds. The van der Waals surface area contributed by atoms with Crippen molar-refractivity contribution in [2.75, 3.05) is 6.61 Å². The van der Waals surface area contributed by atoms with Crippen LogP contribution in [-0.2, 0) is 6.54 Å². The lowest BCUT2D eigenvalue weighted by Crippen LogP contribution is -2.13. The van der Waals surface area contributed by atoms with Crippen molar-refractivity contribution in [1.29, 1.82) is 0 Å². The van der Waals surface area contributed by atoms with Crippen LogP contribution in [0.5, 0.6) is 5.75 Å². The highest BCUT2D eigenvalue weighted by Gasteiger charge is 2.14. The number of ether oxygens (including phenoxy) is 1. The van der Waals surface area contributed by atoms with E-state index in [1.807, 2.05) is 68.4 Å². The van der Waals surface area contributed by atoms with E-state index in [0.29, 0.717) is 40.2 Å². The van der Waals surface area contributed by atoms with Gasteiger partial charge in [-0.2, -0.15) is 0 Å². The first-order valence-corrected chi connectivity index (χ1v) is 9.80. The van der Waals surface area contributed by atoms with Crippen molar-refractivity contribution >= 4 is 43.6 Å². The number of hydrogen-bond donors (Lipinski definition) is 1. The van der Waals surface area contributed by atoms with Gasteiger partial charge in [0.1, 0.15) is 5.75 Å². The lowest BCUT2D eigenvalue weighted by Gasteiger charge is -2.15. The van der Waals surface area contributed by atoms with Crippen molar-refractivity contribution in [2.45, 2.75) is 20.4 Å². The van der Waals surface area contributed by atoms with Gasteiger partial charge in [-0.3, -0.25) is 9.59 Å². The van der Waals surface area contributed by atoms with E-state index in [2.05, 4.69) is 9.55 Å². The van der Waals surface area contributed by atoms with E-state index in [1.165, 1.54) is 0 Å². The summed E-state index contributed by atoms with van der Waals surface area (Å²) < 4.78 is 7.70. The molecule has 29 heavy (non-hydrogen) atoms. The highest BCUT2D eigenvalue weighted by atomic mass is 16.5. The van der Waals surface area contributed by atoms with Gasteiger partial charge in [0.25, 0.3) is 0 Å². The molecule has 0 saturated carbocycles. The zero-order valence-corrected chi connectivity index (χ0v) is 16.3. The first-order valence-electron chi connectivity index (χ1n) is 9.80. The Kier molecular flexibility index (Phi) is 3.91. The van der Waals surface area contributed by atoms with Crippen molar-refractivity contribution < 1.29 is 4.74 Å². The highest BCUT2D eigenvalue weighted by Crippen LogP contribution is 2.26. The Hall–Kier alpha value is -3.60. The van der Waals surface area contributed by atoms with Gasteiger partial charge in [0.15, 0.2) is 10.9 Å². The first kappa shape index (κ1) is 17.5. The maximum atomic E-state index is 13.3. The van der Waals surface area contributed by atoms with E-state index >= 15 is 0 Å². The van der Waals surface area contributed by atoms with E-state index in [-0.39, 0.29) is 10.9 Å². The number of aryl methyl sites for hydroxylation is 1. The van der Waals surface area contributed by atoms with Crippen molar-refractivity contribution in [2.24, 2.45) is 0 Å². The molecular weight excluding hydrogens is 364 g/mol. The molecular formula is C24H20N2O3. The molecule has 0 radical (unpaired) electrons. The Labute approximate surface area is 166 Å².